The van der Waals surface area contributed by atoms with Crippen molar-refractivity contribution in [2.45, 2.75) is 24.4 Å². The van der Waals surface area contributed by atoms with Gasteiger partial charge in [0.15, 0.2) is 5.76 Å². The summed E-state index contributed by atoms with van der Waals surface area (Å²) in [4.78, 5) is 12.3. The van der Waals surface area contributed by atoms with Gasteiger partial charge in [-0.1, -0.05) is 22.4 Å². The van der Waals surface area contributed by atoms with Gasteiger partial charge in [-0.25, -0.2) is 8.42 Å². The van der Waals surface area contributed by atoms with Crippen molar-refractivity contribution in [1.29, 1.82) is 0 Å². The molecule has 6 nitrogen and oxygen atoms in total. The molecule has 1 aliphatic heterocycles. The summed E-state index contributed by atoms with van der Waals surface area (Å²) in [5, 5.41) is 2.49. The molecule has 1 saturated heterocycles. The minimum atomic E-state index is -3.69. The molecule has 0 radical (unpaired) electrons. The summed E-state index contributed by atoms with van der Waals surface area (Å²) in [6.45, 7) is 0.963. The lowest BCUT2D eigenvalue weighted by Crippen LogP contribution is -2.35. The highest BCUT2D eigenvalue weighted by atomic mass is 79.9. The summed E-state index contributed by atoms with van der Waals surface area (Å²) in [5.74, 6) is -0.568. The SMILES string of the molecule is O=C(Nc1cc(Br)ccc1Br)c1ccc(S(=O)(=O)N2CCCCC2)o1. The Morgan fingerprint density at radius 1 is 1.08 bits per heavy atom. The third-order valence-corrected chi connectivity index (χ3v) is 6.85. The van der Waals surface area contributed by atoms with Gasteiger partial charge in [0.1, 0.15) is 0 Å². The van der Waals surface area contributed by atoms with E-state index in [1.165, 1.54) is 16.4 Å². The van der Waals surface area contributed by atoms with E-state index in [4.69, 9.17) is 4.42 Å². The summed E-state index contributed by atoms with van der Waals surface area (Å²) in [7, 11) is -3.69. The molecule has 0 atom stereocenters. The molecular formula is C16H16Br2N2O4S. The molecule has 2 heterocycles. The Labute approximate surface area is 162 Å². The molecule has 1 aromatic carbocycles. The molecule has 0 aliphatic carbocycles. The fourth-order valence-corrected chi connectivity index (χ4v) is 4.73. The molecular weight excluding hydrogens is 476 g/mol. The van der Waals surface area contributed by atoms with Gasteiger partial charge in [0.25, 0.3) is 15.9 Å². The molecule has 1 aromatic heterocycles. The minimum Gasteiger partial charge on any atom is -0.438 e. The Bertz CT molecular complexity index is 889. The van der Waals surface area contributed by atoms with Crippen LogP contribution in [0.25, 0.3) is 0 Å². The molecule has 25 heavy (non-hydrogen) atoms. The first-order valence-corrected chi connectivity index (χ1v) is 10.8. The number of nitrogens with one attached hydrogen (secondary N) is 1. The molecule has 1 aliphatic rings. The Morgan fingerprint density at radius 2 is 1.80 bits per heavy atom. The number of anilines is 1. The maximum absolute atomic E-state index is 12.6. The number of halogens is 2. The predicted octanol–water partition coefficient (Wildman–Crippen LogP) is 4.23. The van der Waals surface area contributed by atoms with E-state index >= 15 is 0 Å². The molecule has 0 saturated carbocycles. The zero-order chi connectivity index (χ0) is 18.0. The number of hydrogen-bond acceptors (Lipinski definition) is 4. The highest BCUT2D eigenvalue weighted by molar-refractivity contribution is 9.11. The van der Waals surface area contributed by atoms with E-state index in [9.17, 15) is 13.2 Å². The monoisotopic (exact) mass is 490 g/mol. The van der Waals surface area contributed by atoms with Crippen LogP contribution in [0, 0.1) is 0 Å². The van der Waals surface area contributed by atoms with Crippen molar-refractivity contribution in [3.8, 4) is 0 Å². The van der Waals surface area contributed by atoms with Crippen molar-refractivity contribution in [3.63, 3.8) is 0 Å². The molecule has 2 aromatic rings. The van der Waals surface area contributed by atoms with Crippen LogP contribution in [-0.2, 0) is 10.0 Å². The smallest absolute Gasteiger partial charge is 0.291 e. The third kappa shape index (κ3) is 4.16. The van der Waals surface area contributed by atoms with Gasteiger partial charge in [0, 0.05) is 22.0 Å². The van der Waals surface area contributed by atoms with E-state index in [0.717, 1.165) is 23.7 Å². The largest absolute Gasteiger partial charge is 0.438 e. The van der Waals surface area contributed by atoms with Crippen LogP contribution in [0.1, 0.15) is 29.8 Å². The van der Waals surface area contributed by atoms with Crippen molar-refractivity contribution in [2.75, 3.05) is 18.4 Å². The number of carbonyl (C=O) groups excluding carboxylic acids is 1. The van der Waals surface area contributed by atoms with Crippen LogP contribution >= 0.6 is 31.9 Å². The highest BCUT2D eigenvalue weighted by Gasteiger charge is 2.29. The zero-order valence-electron chi connectivity index (χ0n) is 13.2. The van der Waals surface area contributed by atoms with Gasteiger partial charge < -0.3 is 9.73 Å². The van der Waals surface area contributed by atoms with Crippen molar-refractivity contribution >= 4 is 53.5 Å². The molecule has 0 bridgehead atoms. The Balaban J connectivity index is 1.78. The Morgan fingerprint density at radius 3 is 2.52 bits per heavy atom. The second-order valence-corrected chi connectivity index (χ2v) is 9.30. The quantitative estimate of drug-likeness (QED) is 0.693. The molecule has 3 rings (SSSR count). The van der Waals surface area contributed by atoms with Crippen LogP contribution in [0.4, 0.5) is 5.69 Å². The van der Waals surface area contributed by atoms with E-state index in [1.54, 1.807) is 12.1 Å². The van der Waals surface area contributed by atoms with Crippen molar-refractivity contribution in [3.05, 3.63) is 45.0 Å². The van der Waals surface area contributed by atoms with Crippen LogP contribution < -0.4 is 5.32 Å². The number of sulfonamides is 1. The van der Waals surface area contributed by atoms with E-state index in [-0.39, 0.29) is 10.9 Å². The number of piperidine rings is 1. The standard InChI is InChI=1S/C16H16Br2N2O4S/c17-11-4-5-12(18)13(10-11)19-16(21)14-6-7-15(24-14)25(22,23)20-8-2-1-3-9-20/h4-7,10H,1-3,8-9H2,(H,19,21). The van der Waals surface area contributed by atoms with Crippen LogP contribution in [0.2, 0.25) is 0 Å². The van der Waals surface area contributed by atoms with Crippen LogP contribution in [0.3, 0.4) is 0 Å². The fraction of sp³-hybridized carbons (Fsp3) is 0.312. The maximum Gasteiger partial charge on any atom is 0.291 e. The van der Waals surface area contributed by atoms with E-state index in [2.05, 4.69) is 37.2 Å². The molecule has 9 heteroatoms. The van der Waals surface area contributed by atoms with Gasteiger partial charge >= 0.3 is 0 Å². The first-order chi connectivity index (χ1) is 11.9. The number of carbonyl (C=O) groups is 1. The topological polar surface area (TPSA) is 79.6 Å². The van der Waals surface area contributed by atoms with Gasteiger partial charge in [-0.15, -0.1) is 0 Å². The first kappa shape index (κ1) is 18.6. The number of hydrogen-bond donors (Lipinski definition) is 1. The lowest BCUT2D eigenvalue weighted by Gasteiger charge is -2.24. The number of benzene rings is 1. The number of rotatable bonds is 4. The summed E-state index contributed by atoms with van der Waals surface area (Å²) in [6.07, 6.45) is 2.70. The number of furan rings is 1. The van der Waals surface area contributed by atoms with Gasteiger partial charge in [0.2, 0.25) is 5.09 Å². The van der Waals surface area contributed by atoms with Crippen molar-refractivity contribution < 1.29 is 17.6 Å². The lowest BCUT2D eigenvalue weighted by molar-refractivity contribution is 0.0991. The molecule has 0 spiro atoms. The fourth-order valence-electron chi connectivity index (χ4n) is 2.59. The van der Waals surface area contributed by atoms with E-state index < -0.39 is 15.9 Å². The molecule has 0 unspecified atom stereocenters. The van der Waals surface area contributed by atoms with E-state index in [1.807, 2.05) is 6.07 Å². The number of nitrogens with zero attached hydrogens (tertiary/aromatic N) is 1. The number of amides is 1. The normalized spacial score (nSPS) is 15.9. The molecule has 1 fully saturated rings. The Hall–Kier alpha value is -1.16. The summed E-state index contributed by atoms with van der Waals surface area (Å²) >= 11 is 6.69. The van der Waals surface area contributed by atoms with Gasteiger partial charge in [-0.3, -0.25) is 4.79 Å². The van der Waals surface area contributed by atoms with Crippen LogP contribution in [-0.4, -0.2) is 31.7 Å². The summed E-state index contributed by atoms with van der Waals surface area (Å²) in [5.41, 5.74) is 0.552. The Kier molecular flexibility index (Phi) is 5.67. The van der Waals surface area contributed by atoms with Crippen molar-refractivity contribution in [2.24, 2.45) is 0 Å². The zero-order valence-corrected chi connectivity index (χ0v) is 17.2. The molecule has 134 valence electrons. The van der Waals surface area contributed by atoms with Gasteiger partial charge in [-0.05, 0) is 59.1 Å². The van der Waals surface area contributed by atoms with Crippen LogP contribution in [0.5, 0.6) is 0 Å². The first-order valence-electron chi connectivity index (χ1n) is 7.74. The lowest BCUT2D eigenvalue weighted by atomic mass is 10.2. The predicted molar refractivity (Wildman–Crippen MR) is 101 cm³/mol. The minimum absolute atomic E-state index is 0.0533. The van der Waals surface area contributed by atoms with Crippen LogP contribution in [0.15, 0.2) is 48.8 Å². The summed E-state index contributed by atoms with van der Waals surface area (Å²) < 4.78 is 33.4. The van der Waals surface area contributed by atoms with Gasteiger partial charge in [-0.2, -0.15) is 4.31 Å². The van der Waals surface area contributed by atoms with Gasteiger partial charge in [0.05, 0.1) is 5.69 Å². The summed E-state index contributed by atoms with van der Waals surface area (Å²) in [6, 6.07) is 8.05. The van der Waals surface area contributed by atoms with Crippen molar-refractivity contribution in [1.82, 2.24) is 4.31 Å². The van der Waals surface area contributed by atoms with E-state index in [0.29, 0.717) is 23.2 Å². The average molecular weight is 492 g/mol. The maximum atomic E-state index is 12.6. The second-order valence-electron chi connectivity index (χ2n) is 5.66. The third-order valence-electron chi connectivity index (χ3n) is 3.89. The second kappa shape index (κ2) is 7.61. The highest BCUT2D eigenvalue weighted by Crippen LogP contribution is 2.27. The molecule has 1 amide bonds. The molecule has 1 N–H and O–H groups in total. The average Bonchev–Trinajstić information content (AvgIpc) is 3.10.